The summed E-state index contributed by atoms with van der Waals surface area (Å²) in [5.74, 6) is 0.681. The number of benzene rings is 1. The van der Waals surface area contributed by atoms with E-state index in [-0.39, 0.29) is 11.6 Å². The first-order valence-electron chi connectivity index (χ1n) is 6.75. The number of carbonyl (C=O) groups is 1. The number of fused-ring (bicyclic) bond motifs is 3. The van der Waals surface area contributed by atoms with Crippen LogP contribution in [-0.2, 0) is 0 Å². The van der Waals surface area contributed by atoms with Crippen molar-refractivity contribution in [2.75, 3.05) is 13.1 Å². The van der Waals surface area contributed by atoms with Gasteiger partial charge >= 0.3 is 0 Å². The van der Waals surface area contributed by atoms with E-state index >= 15 is 0 Å². The van der Waals surface area contributed by atoms with E-state index < -0.39 is 0 Å². The molecule has 3 saturated heterocycles. The van der Waals surface area contributed by atoms with Crippen LogP contribution in [0.5, 0.6) is 0 Å². The van der Waals surface area contributed by atoms with Gasteiger partial charge in [0.1, 0.15) is 5.82 Å². The molecule has 3 fully saturated rings. The van der Waals surface area contributed by atoms with Crippen molar-refractivity contribution in [2.45, 2.75) is 31.7 Å². The predicted octanol–water partition coefficient (Wildman–Crippen LogP) is 2.88. The normalized spacial score (nSPS) is 30.4. The van der Waals surface area contributed by atoms with Crippen molar-refractivity contribution in [3.63, 3.8) is 0 Å². The zero-order valence-corrected chi connectivity index (χ0v) is 10.4. The molecule has 0 saturated carbocycles. The minimum Gasteiger partial charge on any atom is -0.300 e. The molecule has 3 heteroatoms. The maximum absolute atomic E-state index is 12.8. The third-order valence-corrected chi connectivity index (χ3v) is 4.36. The van der Waals surface area contributed by atoms with E-state index in [1.807, 2.05) is 0 Å². The molecular formula is C15H18FNO. The molecular weight excluding hydrogens is 229 g/mol. The fourth-order valence-corrected chi connectivity index (χ4v) is 3.27. The number of Topliss-reactive ketones (excluding diaryl/α,β-unsaturated/α-hetero) is 1. The Bertz CT molecular complexity index is 434. The van der Waals surface area contributed by atoms with Crippen molar-refractivity contribution < 1.29 is 9.18 Å². The second-order valence-electron chi connectivity index (χ2n) is 5.50. The molecule has 3 heterocycles. The van der Waals surface area contributed by atoms with Crippen LogP contribution in [-0.4, -0.2) is 29.8 Å². The number of halogens is 1. The van der Waals surface area contributed by atoms with E-state index in [9.17, 15) is 9.18 Å². The highest BCUT2D eigenvalue weighted by atomic mass is 19.1. The van der Waals surface area contributed by atoms with Crippen LogP contribution >= 0.6 is 0 Å². The maximum Gasteiger partial charge on any atom is 0.164 e. The number of hydrogen-bond donors (Lipinski definition) is 0. The molecule has 1 aromatic carbocycles. The van der Waals surface area contributed by atoms with Gasteiger partial charge in [-0.3, -0.25) is 9.69 Å². The summed E-state index contributed by atoms with van der Waals surface area (Å²) >= 11 is 0. The summed E-state index contributed by atoms with van der Waals surface area (Å²) in [6.45, 7) is 2.29. The number of piperidine rings is 3. The molecule has 1 atom stereocenters. The zero-order valence-electron chi connectivity index (χ0n) is 10.4. The van der Waals surface area contributed by atoms with Crippen molar-refractivity contribution in [3.8, 4) is 0 Å². The highest BCUT2D eigenvalue weighted by Crippen LogP contribution is 2.33. The van der Waals surface area contributed by atoms with E-state index in [1.165, 1.54) is 25.0 Å². The Balaban J connectivity index is 1.66. The van der Waals surface area contributed by atoms with E-state index in [4.69, 9.17) is 0 Å². The summed E-state index contributed by atoms with van der Waals surface area (Å²) in [4.78, 5) is 14.6. The largest absolute Gasteiger partial charge is 0.300 e. The van der Waals surface area contributed by atoms with Gasteiger partial charge in [0.15, 0.2) is 5.78 Å². The van der Waals surface area contributed by atoms with Gasteiger partial charge in [-0.1, -0.05) is 0 Å². The van der Waals surface area contributed by atoms with E-state index in [2.05, 4.69) is 4.90 Å². The van der Waals surface area contributed by atoms with Crippen LogP contribution in [0.2, 0.25) is 0 Å². The fraction of sp³-hybridized carbons (Fsp3) is 0.533. The third kappa shape index (κ3) is 2.32. The molecule has 0 spiro atoms. The Kier molecular flexibility index (Phi) is 3.16. The summed E-state index contributed by atoms with van der Waals surface area (Å²) in [7, 11) is 0. The van der Waals surface area contributed by atoms with E-state index in [0.717, 1.165) is 25.4 Å². The van der Waals surface area contributed by atoms with Crippen LogP contribution < -0.4 is 0 Å². The lowest BCUT2D eigenvalue weighted by molar-refractivity contribution is 0.0428. The lowest BCUT2D eigenvalue weighted by Crippen LogP contribution is -2.49. The van der Waals surface area contributed by atoms with Crippen molar-refractivity contribution in [1.82, 2.24) is 4.90 Å². The van der Waals surface area contributed by atoms with Crippen molar-refractivity contribution in [1.29, 1.82) is 0 Å². The first-order valence-corrected chi connectivity index (χ1v) is 6.75. The number of nitrogens with zero attached hydrogens (tertiary/aromatic N) is 1. The molecule has 4 rings (SSSR count). The molecule has 3 aliphatic rings. The van der Waals surface area contributed by atoms with Gasteiger partial charge in [-0.15, -0.1) is 0 Å². The molecule has 18 heavy (non-hydrogen) atoms. The zero-order chi connectivity index (χ0) is 12.5. The van der Waals surface area contributed by atoms with E-state index in [0.29, 0.717) is 18.0 Å². The number of ketones is 1. The summed E-state index contributed by atoms with van der Waals surface area (Å²) in [5, 5.41) is 0. The fourth-order valence-electron chi connectivity index (χ4n) is 3.27. The monoisotopic (exact) mass is 247 g/mol. The lowest BCUT2D eigenvalue weighted by Gasteiger charge is -2.45. The minimum absolute atomic E-state index is 0.146. The lowest BCUT2D eigenvalue weighted by atomic mass is 9.81. The summed E-state index contributed by atoms with van der Waals surface area (Å²) in [6.07, 6.45) is 4.33. The maximum atomic E-state index is 12.8. The molecule has 1 aromatic rings. The number of rotatable bonds is 3. The van der Waals surface area contributed by atoms with Gasteiger partial charge in [0, 0.05) is 18.0 Å². The van der Waals surface area contributed by atoms with E-state index in [1.54, 1.807) is 12.1 Å². The predicted molar refractivity (Wildman–Crippen MR) is 68.0 cm³/mol. The van der Waals surface area contributed by atoms with Crippen molar-refractivity contribution in [2.24, 2.45) is 5.92 Å². The minimum atomic E-state index is -0.285. The summed E-state index contributed by atoms with van der Waals surface area (Å²) in [6, 6.07) is 6.32. The number of carbonyl (C=O) groups excluding carboxylic acids is 1. The van der Waals surface area contributed by atoms with Crippen molar-refractivity contribution >= 4 is 5.78 Å². The van der Waals surface area contributed by atoms with Crippen LogP contribution in [0, 0.1) is 11.7 Å². The van der Waals surface area contributed by atoms with Gasteiger partial charge in [-0.05, 0) is 62.5 Å². The summed E-state index contributed by atoms with van der Waals surface area (Å²) < 4.78 is 12.8. The second-order valence-corrected chi connectivity index (χ2v) is 5.50. The molecule has 0 aliphatic carbocycles. The van der Waals surface area contributed by atoms with Crippen LogP contribution in [0.15, 0.2) is 24.3 Å². The molecule has 0 N–H and O–H groups in total. The Hall–Kier alpha value is -1.22. The van der Waals surface area contributed by atoms with Gasteiger partial charge < -0.3 is 0 Å². The van der Waals surface area contributed by atoms with Crippen LogP contribution in [0.1, 0.15) is 36.0 Å². The Morgan fingerprint density at radius 1 is 1.22 bits per heavy atom. The molecule has 0 amide bonds. The molecule has 96 valence electrons. The standard InChI is InChI=1S/C15H18FNO/c16-13-3-1-12(2-4-13)15(18)10-14-9-11-5-7-17(14)8-6-11/h1-4,11,14H,5-10H2. The molecule has 1 unspecified atom stereocenters. The van der Waals surface area contributed by atoms with Gasteiger partial charge in [0.2, 0.25) is 0 Å². The van der Waals surface area contributed by atoms with Crippen LogP contribution in [0.4, 0.5) is 4.39 Å². The second kappa shape index (κ2) is 4.81. The molecule has 0 aromatic heterocycles. The smallest absolute Gasteiger partial charge is 0.164 e. The average molecular weight is 247 g/mol. The number of hydrogen-bond acceptors (Lipinski definition) is 2. The van der Waals surface area contributed by atoms with Gasteiger partial charge in [0.25, 0.3) is 0 Å². The Labute approximate surface area is 107 Å². The topological polar surface area (TPSA) is 20.3 Å². The molecule has 2 nitrogen and oxygen atoms in total. The first kappa shape index (κ1) is 11.8. The average Bonchev–Trinajstić information content (AvgIpc) is 2.41. The first-order chi connectivity index (χ1) is 8.72. The summed E-state index contributed by atoms with van der Waals surface area (Å²) in [5.41, 5.74) is 0.638. The molecule has 3 aliphatic heterocycles. The highest BCUT2D eigenvalue weighted by Gasteiger charge is 2.34. The Morgan fingerprint density at radius 3 is 2.44 bits per heavy atom. The van der Waals surface area contributed by atoms with Gasteiger partial charge in [-0.2, -0.15) is 0 Å². The van der Waals surface area contributed by atoms with Gasteiger partial charge in [-0.25, -0.2) is 4.39 Å². The van der Waals surface area contributed by atoms with Crippen LogP contribution in [0.25, 0.3) is 0 Å². The SMILES string of the molecule is O=C(CC1CC2CCN1CC2)c1ccc(F)cc1. The van der Waals surface area contributed by atoms with Gasteiger partial charge in [0.05, 0.1) is 0 Å². The quantitative estimate of drug-likeness (QED) is 0.765. The third-order valence-electron chi connectivity index (χ3n) is 4.36. The Morgan fingerprint density at radius 2 is 1.89 bits per heavy atom. The van der Waals surface area contributed by atoms with Crippen LogP contribution in [0.3, 0.4) is 0 Å². The molecule has 2 bridgehead atoms. The highest BCUT2D eigenvalue weighted by molar-refractivity contribution is 5.96. The molecule has 0 radical (unpaired) electrons. The van der Waals surface area contributed by atoms with Crippen molar-refractivity contribution in [3.05, 3.63) is 35.6 Å².